The summed E-state index contributed by atoms with van der Waals surface area (Å²) in [6.45, 7) is 1.85. The molecule has 2 aromatic rings. The predicted octanol–water partition coefficient (Wildman–Crippen LogP) is -0.934. The van der Waals surface area contributed by atoms with Gasteiger partial charge in [-0.3, -0.25) is 0 Å². The van der Waals surface area contributed by atoms with E-state index in [1.807, 2.05) is 6.20 Å². The van der Waals surface area contributed by atoms with Gasteiger partial charge in [-0.05, 0) is 0 Å². The van der Waals surface area contributed by atoms with Crippen molar-refractivity contribution in [1.82, 2.24) is 30.3 Å². The van der Waals surface area contributed by atoms with Crippen LogP contribution in [0.1, 0.15) is 11.4 Å². The largest absolute Gasteiger partial charge is 0.389 e. The molecule has 1 aliphatic heterocycles. The Morgan fingerprint density at radius 1 is 1.59 bits per heavy atom. The molecule has 1 aliphatic rings. The maximum atomic E-state index is 10.1. The lowest BCUT2D eigenvalue weighted by molar-refractivity contribution is 0.0741. The lowest BCUT2D eigenvalue weighted by Gasteiger charge is -2.21. The van der Waals surface area contributed by atoms with Gasteiger partial charge >= 0.3 is 0 Å². The van der Waals surface area contributed by atoms with E-state index in [-0.39, 0.29) is 12.1 Å². The number of aliphatic hydroxyl groups excluding tert-OH is 1. The van der Waals surface area contributed by atoms with E-state index >= 15 is 0 Å². The summed E-state index contributed by atoms with van der Waals surface area (Å²) in [6, 6.07) is -0.168. The molecule has 0 bridgehead atoms. The molecule has 3 atom stereocenters. The fourth-order valence-corrected chi connectivity index (χ4v) is 2.55. The van der Waals surface area contributed by atoms with Crippen LogP contribution in [-0.2, 0) is 29.2 Å². The van der Waals surface area contributed by atoms with Crippen molar-refractivity contribution >= 4 is 0 Å². The van der Waals surface area contributed by atoms with E-state index in [2.05, 4.69) is 25.6 Å². The number of methoxy groups -OCH3 is 1. The second kappa shape index (κ2) is 6.97. The van der Waals surface area contributed by atoms with E-state index in [0.29, 0.717) is 26.3 Å². The first-order chi connectivity index (χ1) is 10.8. The molecule has 0 saturated carbocycles. The van der Waals surface area contributed by atoms with Crippen molar-refractivity contribution < 1.29 is 14.6 Å². The third-order valence-electron chi connectivity index (χ3n) is 3.62. The molecule has 22 heavy (non-hydrogen) atoms. The monoisotopic (exact) mass is 308 g/mol. The zero-order valence-corrected chi connectivity index (χ0v) is 12.3. The number of ether oxygens (including phenoxy) is 2. The molecule has 1 fully saturated rings. The lowest BCUT2D eigenvalue weighted by atomic mass is 10.1. The molecule has 120 valence electrons. The second-order valence-electron chi connectivity index (χ2n) is 5.29. The number of nitrogens with one attached hydrogen (secondary N) is 2. The van der Waals surface area contributed by atoms with Crippen LogP contribution in [0.15, 0.2) is 18.7 Å². The fraction of sp³-hybridized carbons (Fsp3) is 0.615. The topological polar surface area (TPSA) is 110 Å². The zero-order chi connectivity index (χ0) is 15.4. The minimum absolute atomic E-state index is 0.168. The molecule has 0 aromatic carbocycles. The molecule has 0 aliphatic carbocycles. The summed E-state index contributed by atoms with van der Waals surface area (Å²) in [5, 5.41) is 21.4. The maximum Gasteiger partial charge on any atom is 0.108 e. The number of aromatic nitrogens is 5. The molecule has 2 aromatic heterocycles. The summed E-state index contributed by atoms with van der Waals surface area (Å²) in [4.78, 5) is 6.99. The molecule has 3 rings (SSSR count). The molecular formula is C13H20N6O3. The van der Waals surface area contributed by atoms with Gasteiger partial charge in [0.25, 0.3) is 0 Å². The van der Waals surface area contributed by atoms with Gasteiger partial charge in [-0.1, -0.05) is 5.21 Å². The molecule has 3 N–H and O–H groups in total. The van der Waals surface area contributed by atoms with E-state index < -0.39 is 6.10 Å². The third-order valence-corrected chi connectivity index (χ3v) is 3.62. The second-order valence-corrected chi connectivity index (χ2v) is 5.29. The van der Waals surface area contributed by atoms with E-state index in [4.69, 9.17) is 9.47 Å². The number of aromatic amines is 1. The fourth-order valence-electron chi connectivity index (χ4n) is 2.55. The van der Waals surface area contributed by atoms with Gasteiger partial charge in [-0.25, -0.2) is 9.67 Å². The SMILES string of the molecule is COCc1cn(C[C@H]2OC[C@H](O)[C@H]2NCc2cnc[nH]2)nn1. The number of aliphatic hydroxyl groups is 1. The number of hydrogen-bond acceptors (Lipinski definition) is 7. The maximum absolute atomic E-state index is 10.1. The van der Waals surface area contributed by atoms with Crippen LogP contribution in [0.2, 0.25) is 0 Å². The lowest BCUT2D eigenvalue weighted by Crippen LogP contribution is -2.45. The van der Waals surface area contributed by atoms with Crippen molar-refractivity contribution in [3.63, 3.8) is 0 Å². The van der Waals surface area contributed by atoms with Gasteiger partial charge in [0, 0.05) is 25.5 Å². The number of H-pyrrole nitrogens is 1. The van der Waals surface area contributed by atoms with Crippen molar-refractivity contribution in [1.29, 1.82) is 0 Å². The molecule has 0 radical (unpaired) electrons. The van der Waals surface area contributed by atoms with Crippen LogP contribution in [0.25, 0.3) is 0 Å². The van der Waals surface area contributed by atoms with E-state index in [1.54, 1.807) is 24.3 Å². The highest BCUT2D eigenvalue weighted by Gasteiger charge is 2.36. The van der Waals surface area contributed by atoms with Crippen LogP contribution >= 0.6 is 0 Å². The Hall–Kier alpha value is -1.81. The van der Waals surface area contributed by atoms with Crippen LogP contribution in [0.4, 0.5) is 0 Å². The summed E-state index contributed by atoms with van der Waals surface area (Å²) < 4.78 is 12.4. The average molecular weight is 308 g/mol. The molecule has 1 saturated heterocycles. The molecule has 0 amide bonds. The van der Waals surface area contributed by atoms with Gasteiger partial charge in [-0.15, -0.1) is 5.10 Å². The normalized spacial score (nSPS) is 24.9. The Kier molecular flexibility index (Phi) is 4.78. The first kappa shape index (κ1) is 15.1. The summed E-state index contributed by atoms with van der Waals surface area (Å²) in [5.41, 5.74) is 1.73. The molecule has 0 spiro atoms. The van der Waals surface area contributed by atoms with Crippen LogP contribution in [0, 0.1) is 0 Å². The third kappa shape index (κ3) is 3.50. The number of nitrogens with zero attached hydrogens (tertiary/aromatic N) is 4. The standard InChI is InChI=1S/C13H20N6O3/c1-21-6-10-4-19(18-17-10)5-12-13(11(20)7-22-12)15-3-9-2-14-8-16-9/h2,4,8,11-13,15,20H,3,5-7H2,1H3,(H,14,16)/t11-,12+,13+/m0/s1. The number of rotatable bonds is 7. The Labute approximate surface area is 127 Å². The molecule has 3 heterocycles. The Bertz CT molecular complexity index is 572. The summed E-state index contributed by atoms with van der Waals surface area (Å²) in [5.74, 6) is 0. The van der Waals surface area contributed by atoms with E-state index in [0.717, 1.165) is 11.4 Å². The van der Waals surface area contributed by atoms with Crippen molar-refractivity contribution in [2.75, 3.05) is 13.7 Å². The van der Waals surface area contributed by atoms with Gasteiger partial charge in [0.05, 0.1) is 50.5 Å². The first-order valence-corrected chi connectivity index (χ1v) is 7.14. The van der Waals surface area contributed by atoms with Crippen LogP contribution in [0.3, 0.4) is 0 Å². The molecular weight excluding hydrogens is 288 g/mol. The predicted molar refractivity (Wildman–Crippen MR) is 75.7 cm³/mol. The first-order valence-electron chi connectivity index (χ1n) is 7.14. The average Bonchev–Trinajstić information content (AvgIpc) is 3.22. The van der Waals surface area contributed by atoms with E-state index in [1.165, 1.54) is 0 Å². The number of hydrogen-bond donors (Lipinski definition) is 3. The minimum Gasteiger partial charge on any atom is -0.389 e. The number of imidazole rings is 1. The van der Waals surface area contributed by atoms with Crippen LogP contribution in [0.5, 0.6) is 0 Å². The van der Waals surface area contributed by atoms with Gasteiger partial charge in [-0.2, -0.15) is 0 Å². The summed E-state index contributed by atoms with van der Waals surface area (Å²) in [7, 11) is 1.62. The van der Waals surface area contributed by atoms with Gasteiger partial charge in [0.15, 0.2) is 0 Å². The van der Waals surface area contributed by atoms with Crippen LogP contribution in [-0.4, -0.2) is 62.0 Å². The zero-order valence-electron chi connectivity index (χ0n) is 12.3. The Morgan fingerprint density at radius 3 is 3.27 bits per heavy atom. The van der Waals surface area contributed by atoms with Crippen molar-refractivity contribution in [3.8, 4) is 0 Å². The van der Waals surface area contributed by atoms with Gasteiger partial charge in [0.2, 0.25) is 0 Å². The van der Waals surface area contributed by atoms with E-state index in [9.17, 15) is 5.11 Å². The van der Waals surface area contributed by atoms with Gasteiger partial charge in [0.1, 0.15) is 5.69 Å². The molecule has 9 heteroatoms. The summed E-state index contributed by atoms with van der Waals surface area (Å²) in [6.07, 6.45) is 4.48. The molecule has 0 unspecified atom stereocenters. The molecule has 9 nitrogen and oxygen atoms in total. The van der Waals surface area contributed by atoms with Crippen molar-refractivity contribution in [2.24, 2.45) is 0 Å². The highest BCUT2D eigenvalue weighted by molar-refractivity contribution is 4.97. The minimum atomic E-state index is -0.546. The Balaban J connectivity index is 1.58. The highest BCUT2D eigenvalue weighted by Crippen LogP contribution is 2.17. The van der Waals surface area contributed by atoms with Gasteiger partial charge < -0.3 is 24.9 Å². The Morgan fingerprint density at radius 2 is 2.50 bits per heavy atom. The highest BCUT2D eigenvalue weighted by atomic mass is 16.5. The quantitative estimate of drug-likeness (QED) is 0.606. The van der Waals surface area contributed by atoms with Crippen molar-refractivity contribution in [2.45, 2.75) is 37.9 Å². The van der Waals surface area contributed by atoms with Crippen molar-refractivity contribution in [3.05, 3.63) is 30.1 Å². The summed E-state index contributed by atoms with van der Waals surface area (Å²) >= 11 is 0. The van der Waals surface area contributed by atoms with Crippen LogP contribution < -0.4 is 5.32 Å². The smallest absolute Gasteiger partial charge is 0.108 e.